The fourth-order valence-electron chi connectivity index (χ4n) is 3.95. The van der Waals surface area contributed by atoms with Crippen LogP contribution in [0.1, 0.15) is 6.92 Å². The molecule has 1 aliphatic heterocycles. The molecule has 1 aliphatic rings. The van der Waals surface area contributed by atoms with Gasteiger partial charge in [0.15, 0.2) is 0 Å². The zero-order valence-electron chi connectivity index (χ0n) is 20.3. The number of urea groups is 1. The quantitative estimate of drug-likeness (QED) is 0.477. The summed E-state index contributed by atoms with van der Waals surface area (Å²) in [6.07, 6.45) is 1.79. The number of carbonyl (C=O) groups excluding carboxylic acids is 2. The van der Waals surface area contributed by atoms with E-state index in [1.807, 2.05) is 37.3 Å². The largest absolute Gasteiger partial charge is 0.379 e. The highest BCUT2D eigenvalue weighted by molar-refractivity contribution is 5.93. The van der Waals surface area contributed by atoms with Gasteiger partial charge in [0, 0.05) is 50.2 Å². The summed E-state index contributed by atoms with van der Waals surface area (Å²) in [7, 11) is 0. The van der Waals surface area contributed by atoms with Crippen LogP contribution in [0.5, 0.6) is 0 Å². The fourth-order valence-corrected chi connectivity index (χ4v) is 3.95. The van der Waals surface area contributed by atoms with Gasteiger partial charge < -0.3 is 15.0 Å². The molecule has 1 fully saturated rings. The third kappa shape index (κ3) is 6.67. The Labute approximate surface area is 209 Å². The zero-order valence-corrected chi connectivity index (χ0v) is 20.3. The van der Waals surface area contributed by atoms with Crippen LogP contribution in [-0.2, 0) is 9.53 Å². The number of morpholine rings is 1. The maximum Gasteiger partial charge on any atom is 0.317 e. The van der Waals surface area contributed by atoms with Crippen LogP contribution in [0.15, 0.2) is 60.8 Å². The maximum absolute atomic E-state index is 13.5. The van der Waals surface area contributed by atoms with Gasteiger partial charge in [-0.15, -0.1) is 0 Å². The molecular weight excluding hydrogens is 463 g/mol. The van der Waals surface area contributed by atoms with Crippen LogP contribution in [0.4, 0.5) is 15.1 Å². The summed E-state index contributed by atoms with van der Waals surface area (Å²) < 4.78 is 20.6. The zero-order chi connectivity index (χ0) is 25.3. The highest BCUT2D eigenvalue weighted by atomic mass is 19.1. The molecule has 0 radical (unpaired) electrons. The van der Waals surface area contributed by atoms with Crippen LogP contribution in [0.25, 0.3) is 16.9 Å². The second-order valence-corrected chi connectivity index (χ2v) is 8.42. The lowest BCUT2D eigenvalue weighted by Gasteiger charge is -2.29. The number of rotatable bonds is 9. The summed E-state index contributed by atoms with van der Waals surface area (Å²) in [5, 5.41) is 5.62. The van der Waals surface area contributed by atoms with Crippen molar-refractivity contribution >= 4 is 17.9 Å². The number of carbonyl (C=O) groups is 2. The molecule has 4 rings (SSSR count). The van der Waals surface area contributed by atoms with E-state index in [0.717, 1.165) is 18.7 Å². The Morgan fingerprint density at radius 1 is 1.08 bits per heavy atom. The Hall–Kier alpha value is -3.76. The van der Waals surface area contributed by atoms with Gasteiger partial charge in [-0.05, 0) is 31.2 Å². The van der Waals surface area contributed by atoms with E-state index < -0.39 is 0 Å². The molecule has 1 saturated heterocycles. The second kappa shape index (κ2) is 12.3. The number of nitrogens with one attached hydrogen (secondary N) is 2. The van der Waals surface area contributed by atoms with Gasteiger partial charge in [-0.1, -0.05) is 30.3 Å². The SMILES string of the molecule is CCNC(=O)N(CCN1CCOCC1)CC(=O)Nc1nc(-c2ccccc2)cn1-c1ccc(F)cc1. The molecule has 0 atom stereocenters. The fraction of sp³-hybridized carbons (Fsp3) is 0.346. The van der Waals surface area contributed by atoms with Crippen LogP contribution in [0.2, 0.25) is 0 Å². The summed E-state index contributed by atoms with van der Waals surface area (Å²) >= 11 is 0. The van der Waals surface area contributed by atoms with Crippen LogP contribution in [0, 0.1) is 5.82 Å². The van der Waals surface area contributed by atoms with E-state index in [1.54, 1.807) is 22.9 Å². The van der Waals surface area contributed by atoms with Gasteiger partial charge >= 0.3 is 6.03 Å². The predicted octanol–water partition coefficient (Wildman–Crippen LogP) is 2.98. The van der Waals surface area contributed by atoms with Crippen molar-refractivity contribution in [2.75, 3.05) is 57.8 Å². The van der Waals surface area contributed by atoms with Gasteiger partial charge in [0.1, 0.15) is 12.4 Å². The number of hydrogen-bond donors (Lipinski definition) is 2. The van der Waals surface area contributed by atoms with Crippen LogP contribution in [-0.4, -0.2) is 83.8 Å². The van der Waals surface area contributed by atoms with Gasteiger partial charge in [0.2, 0.25) is 11.9 Å². The van der Waals surface area contributed by atoms with E-state index in [2.05, 4.69) is 20.5 Å². The highest BCUT2D eigenvalue weighted by Gasteiger charge is 2.21. The second-order valence-electron chi connectivity index (χ2n) is 8.42. The molecule has 0 unspecified atom stereocenters. The molecular formula is C26H31FN6O3. The topological polar surface area (TPSA) is 91.7 Å². The van der Waals surface area contributed by atoms with Crippen molar-refractivity contribution in [1.29, 1.82) is 0 Å². The average Bonchev–Trinajstić information content (AvgIpc) is 3.31. The molecule has 3 aromatic rings. The number of anilines is 1. The number of nitrogens with zero attached hydrogens (tertiary/aromatic N) is 4. The minimum absolute atomic E-state index is 0.132. The first-order valence-corrected chi connectivity index (χ1v) is 12.1. The number of ether oxygens (including phenoxy) is 1. The number of amides is 3. The summed E-state index contributed by atoms with van der Waals surface area (Å²) in [5.74, 6) is -0.447. The van der Waals surface area contributed by atoms with Crippen LogP contribution in [0.3, 0.4) is 0 Å². The summed E-state index contributed by atoms with van der Waals surface area (Å²) in [5.41, 5.74) is 2.18. The van der Waals surface area contributed by atoms with Crippen molar-refractivity contribution in [1.82, 2.24) is 24.7 Å². The van der Waals surface area contributed by atoms with Gasteiger partial charge in [-0.3, -0.25) is 19.6 Å². The number of imidazole rings is 1. The standard InChI is InChI=1S/C26H31FN6O3/c1-2-28-26(35)32(13-12-31-14-16-36-17-15-31)19-24(34)30-25-29-23(20-6-4-3-5-7-20)18-33(25)22-10-8-21(27)9-11-22/h3-11,18H,2,12-17,19H2,1H3,(H,28,35)(H,29,30,34). The maximum atomic E-state index is 13.5. The molecule has 36 heavy (non-hydrogen) atoms. The van der Waals surface area contributed by atoms with Gasteiger partial charge in [-0.25, -0.2) is 14.2 Å². The van der Waals surface area contributed by atoms with Gasteiger partial charge in [0.25, 0.3) is 0 Å². The van der Waals surface area contributed by atoms with Crippen molar-refractivity contribution in [3.8, 4) is 16.9 Å². The first-order valence-electron chi connectivity index (χ1n) is 12.1. The van der Waals surface area contributed by atoms with Crippen LogP contribution < -0.4 is 10.6 Å². The number of halogens is 1. The normalized spacial score (nSPS) is 13.8. The lowest BCUT2D eigenvalue weighted by atomic mass is 10.2. The smallest absolute Gasteiger partial charge is 0.317 e. The Morgan fingerprint density at radius 3 is 2.50 bits per heavy atom. The van der Waals surface area contributed by atoms with E-state index in [4.69, 9.17) is 4.74 Å². The third-order valence-corrected chi connectivity index (χ3v) is 5.87. The Morgan fingerprint density at radius 2 is 1.81 bits per heavy atom. The molecule has 9 nitrogen and oxygen atoms in total. The van der Waals surface area contributed by atoms with E-state index >= 15 is 0 Å². The number of benzene rings is 2. The van der Waals surface area contributed by atoms with Crippen molar-refractivity contribution in [2.45, 2.75) is 6.92 Å². The Balaban J connectivity index is 1.52. The number of aromatic nitrogens is 2. The molecule has 10 heteroatoms. The molecule has 2 aromatic carbocycles. The molecule has 0 aliphatic carbocycles. The molecule has 3 amide bonds. The Kier molecular flexibility index (Phi) is 8.64. The molecule has 0 spiro atoms. The number of hydrogen-bond acceptors (Lipinski definition) is 5. The van der Waals surface area contributed by atoms with E-state index in [-0.39, 0.29) is 30.2 Å². The van der Waals surface area contributed by atoms with Crippen molar-refractivity contribution in [3.63, 3.8) is 0 Å². The highest BCUT2D eigenvalue weighted by Crippen LogP contribution is 2.24. The monoisotopic (exact) mass is 494 g/mol. The van der Waals surface area contributed by atoms with E-state index in [1.165, 1.54) is 17.0 Å². The summed E-state index contributed by atoms with van der Waals surface area (Å²) in [4.78, 5) is 34.1. The lowest BCUT2D eigenvalue weighted by molar-refractivity contribution is -0.116. The minimum atomic E-state index is -0.378. The summed E-state index contributed by atoms with van der Waals surface area (Å²) in [6, 6.07) is 15.2. The molecule has 2 heterocycles. The van der Waals surface area contributed by atoms with Crippen LogP contribution >= 0.6 is 0 Å². The molecule has 190 valence electrons. The first kappa shape index (κ1) is 25.3. The third-order valence-electron chi connectivity index (χ3n) is 5.87. The molecule has 0 bridgehead atoms. The molecule has 0 saturated carbocycles. The van der Waals surface area contributed by atoms with E-state index in [9.17, 15) is 14.0 Å². The average molecular weight is 495 g/mol. The molecule has 1 aromatic heterocycles. The van der Waals surface area contributed by atoms with Crippen molar-refractivity contribution < 1.29 is 18.7 Å². The van der Waals surface area contributed by atoms with Gasteiger partial charge in [0.05, 0.1) is 18.9 Å². The Bertz CT molecular complexity index is 1150. The predicted molar refractivity (Wildman–Crippen MR) is 135 cm³/mol. The van der Waals surface area contributed by atoms with Gasteiger partial charge in [-0.2, -0.15) is 0 Å². The van der Waals surface area contributed by atoms with E-state index in [0.29, 0.717) is 44.2 Å². The van der Waals surface area contributed by atoms with Crippen molar-refractivity contribution in [3.05, 3.63) is 66.6 Å². The first-order chi connectivity index (χ1) is 17.5. The lowest BCUT2D eigenvalue weighted by Crippen LogP contribution is -2.48. The molecule has 2 N–H and O–H groups in total. The minimum Gasteiger partial charge on any atom is -0.379 e. The van der Waals surface area contributed by atoms with Crippen molar-refractivity contribution in [2.24, 2.45) is 0 Å². The summed E-state index contributed by atoms with van der Waals surface area (Å²) in [6.45, 7) is 6.14.